The van der Waals surface area contributed by atoms with Crippen LogP contribution in [0.3, 0.4) is 0 Å². The molecule has 1 N–H and O–H groups in total. The van der Waals surface area contributed by atoms with Crippen LogP contribution >= 0.6 is 11.6 Å². The molecule has 11 heavy (non-hydrogen) atoms. The van der Waals surface area contributed by atoms with E-state index in [1.54, 1.807) is 13.0 Å². The second-order valence-electron chi connectivity index (χ2n) is 2.27. The van der Waals surface area contributed by atoms with Crippen LogP contribution in [0.25, 0.3) is 0 Å². The molecular weight excluding hydrogens is 164 g/mol. The maximum atomic E-state index is 10.6. The first-order valence-electron chi connectivity index (χ1n) is 3.10. The molecular formula is C8H7ClO2. The van der Waals surface area contributed by atoms with Gasteiger partial charge in [-0.15, -0.1) is 0 Å². The molecule has 0 heterocycles. The Bertz CT molecular complexity index is 294. The molecule has 0 saturated carbocycles. The highest BCUT2D eigenvalue weighted by Crippen LogP contribution is 2.17. The largest absolute Gasteiger partial charge is 0.508 e. The van der Waals surface area contributed by atoms with E-state index in [-0.39, 0.29) is 5.75 Å². The van der Waals surface area contributed by atoms with Gasteiger partial charge in [0, 0.05) is 5.56 Å². The van der Waals surface area contributed by atoms with E-state index in [2.05, 4.69) is 0 Å². The highest BCUT2D eigenvalue weighted by atomic mass is 35.5. The Kier molecular flexibility index (Phi) is 2.15. The van der Waals surface area contributed by atoms with Crippen LogP contribution in [0.4, 0.5) is 0 Å². The van der Waals surface area contributed by atoms with Crippen molar-refractivity contribution in [3.8, 4) is 5.75 Å². The molecule has 58 valence electrons. The second-order valence-corrected chi connectivity index (χ2v) is 2.62. The number of rotatable bonds is 1. The van der Waals surface area contributed by atoms with E-state index in [0.29, 0.717) is 11.1 Å². The summed E-state index contributed by atoms with van der Waals surface area (Å²) in [4.78, 5) is 10.6. The number of aromatic hydroxyl groups is 1. The quantitative estimate of drug-likeness (QED) is 0.656. The summed E-state index contributed by atoms with van der Waals surface area (Å²) in [5.41, 5.74) is 1.05. The van der Waals surface area contributed by atoms with E-state index in [1.807, 2.05) is 0 Å². The van der Waals surface area contributed by atoms with Gasteiger partial charge in [-0.3, -0.25) is 4.79 Å². The monoisotopic (exact) mass is 170 g/mol. The Balaban J connectivity index is 3.15. The van der Waals surface area contributed by atoms with Crippen molar-refractivity contribution in [1.82, 2.24) is 0 Å². The molecule has 0 spiro atoms. The first-order valence-corrected chi connectivity index (χ1v) is 3.48. The summed E-state index contributed by atoms with van der Waals surface area (Å²) >= 11 is 5.21. The molecule has 2 nitrogen and oxygen atoms in total. The van der Waals surface area contributed by atoms with Gasteiger partial charge in [0.25, 0.3) is 5.24 Å². The Morgan fingerprint density at radius 2 is 2.18 bits per heavy atom. The van der Waals surface area contributed by atoms with Crippen LogP contribution in [0.1, 0.15) is 15.9 Å². The summed E-state index contributed by atoms with van der Waals surface area (Å²) in [5, 5.41) is 8.56. The van der Waals surface area contributed by atoms with E-state index in [9.17, 15) is 4.79 Å². The summed E-state index contributed by atoms with van der Waals surface area (Å²) in [6.07, 6.45) is 0. The summed E-state index contributed by atoms with van der Waals surface area (Å²) < 4.78 is 0. The van der Waals surface area contributed by atoms with Gasteiger partial charge in [0.15, 0.2) is 0 Å². The number of aryl methyl sites for hydroxylation is 1. The van der Waals surface area contributed by atoms with Crippen LogP contribution < -0.4 is 0 Å². The fourth-order valence-corrected chi connectivity index (χ4v) is 0.895. The third-order valence-electron chi connectivity index (χ3n) is 1.42. The second kappa shape index (κ2) is 2.93. The van der Waals surface area contributed by atoms with Crippen molar-refractivity contribution in [2.24, 2.45) is 0 Å². The van der Waals surface area contributed by atoms with E-state index in [4.69, 9.17) is 16.7 Å². The predicted molar refractivity (Wildman–Crippen MR) is 43.0 cm³/mol. The number of phenols is 1. The fourth-order valence-electron chi connectivity index (χ4n) is 0.778. The van der Waals surface area contributed by atoms with E-state index >= 15 is 0 Å². The number of halogens is 1. The Morgan fingerprint density at radius 3 is 2.64 bits per heavy atom. The minimum Gasteiger partial charge on any atom is -0.508 e. The molecule has 0 aromatic heterocycles. The van der Waals surface area contributed by atoms with Crippen LogP contribution in [0, 0.1) is 6.92 Å². The predicted octanol–water partition coefficient (Wildman–Crippen LogP) is 2.08. The molecule has 0 saturated heterocycles. The molecule has 0 fully saturated rings. The standard InChI is InChI=1S/C8H7ClO2/c1-5-4-6(8(9)11)2-3-7(5)10/h2-4,10H,1H3. The average Bonchev–Trinajstić information content (AvgIpc) is 1.94. The van der Waals surface area contributed by atoms with Gasteiger partial charge >= 0.3 is 0 Å². The zero-order chi connectivity index (χ0) is 8.43. The molecule has 1 rings (SSSR count). The Morgan fingerprint density at radius 1 is 1.55 bits per heavy atom. The van der Waals surface area contributed by atoms with E-state index in [1.165, 1.54) is 12.1 Å². The number of benzene rings is 1. The molecule has 3 heteroatoms. The summed E-state index contributed by atoms with van der Waals surface area (Å²) in [6.45, 7) is 1.71. The van der Waals surface area contributed by atoms with Gasteiger partial charge in [0.05, 0.1) is 0 Å². The lowest BCUT2D eigenvalue weighted by Gasteiger charge is -1.98. The van der Waals surface area contributed by atoms with Gasteiger partial charge in [-0.1, -0.05) is 0 Å². The fraction of sp³-hybridized carbons (Fsp3) is 0.125. The lowest BCUT2D eigenvalue weighted by atomic mass is 10.1. The number of carbonyl (C=O) groups excluding carboxylic acids is 1. The van der Waals surface area contributed by atoms with Gasteiger partial charge in [0.1, 0.15) is 5.75 Å². The number of hydrogen-bond acceptors (Lipinski definition) is 2. The van der Waals surface area contributed by atoms with Crippen molar-refractivity contribution in [3.63, 3.8) is 0 Å². The number of phenolic OH excluding ortho intramolecular Hbond substituents is 1. The molecule has 0 amide bonds. The first-order chi connectivity index (χ1) is 5.11. The first kappa shape index (κ1) is 8.08. The highest BCUT2D eigenvalue weighted by Gasteiger charge is 2.02. The van der Waals surface area contributed by atoms with Crippen LogP contribution in [0.15, 0.2) is 18.2 Å². The van der Waals surface area contributed by atoms with Crippen LogP contribution in [-0.2, 0) is 0 Å². The molecule has 1 aromatic rings. The van der Waals surface area contributed by atoms with Gasteiger partial charge in [-0.2, -0.15) is 0 Å². The van der Waals surface area contributed by atoms with Gasteiger partial charge < -0.3 is 5.11 Å². The van der Waals surface area contributed by atoms with Crippen molar-refractivity contribution in [2.45, 2.75) is 6.92 Å². The summed E-state index contributed by atoms with van der Waals surface area (Å²) in [5.74, 6) is 0.173. The van der Waals surface area contributed by atoms with Crippen molar-refractivity contribution in [3.05, 3.63) is 29.3 Å². The maximum Gasteiger partial charge on any atom is 0.252 e. The highest BCUT2D eigenvalue weighted by molar-refractivity contribution is 6.67. The maximum absolute atomic E-state index is 10.6. The normalized spacial score (nSPS) is 9.64. The zero-order valence-electron chi connectivity index (χ0n) is 5.97. The number of hydrogen-bond donors (Lipinski definition) is 1. The molecule has 0 atom stereocenters. The molecule has 0 bridgehead atoms. The topological polar surface area (TPSA) is 37.3 Å². The Hall–Kier alpha value is -1.02. The molecule has 0 unspecified atom stereocenters. The smallest absolute Gasteiger partial charge is 0.252 e. The molecule has 0 radical (unpaired) electrons. The third kappa shape index (κ3) is 1.71. The zero-order valence-corrected chi connectivity index (χ0v) is 6.72. The molecule has 1 aromatic carbocycles. The van der Waals surface area contributed by atoms with Crippen LogP contribution in [0.2, 0.25) is 0 Å². The van der Waals surface area contributed by atoms with Crippen molar-refractivity contribution < 1.29 is 9.90 Å². The molecule has 0 aliphatic heterocycles. The molecule has 0 aliphatic carbocycles. The number of carbonyl (C=O) groups is 1. The molecule has 0 aliphatic rings. The van der Waals surface area contributed by atoms with Gasteiger partial charge in [-0.25, -0.2) is 0 Å². The average molecular weight is 171 g/mol. The summed E-state index contributed by atoms with van der Waals surface area (Å²) in [6, 6.07) is 4.48. The van der Waals surface area contributed by atoms with Crippen molar-refractivity contribution >= 4 is 16.8 Å². The van der Waals surface area contributed by atoms with Crippen LogP contribution in [0.5, 0.6) is 5.75 Å². The van der Waals surface area contributed by atoms with Crippen molar-refractivity contribution in [1.29, 1.82) is 0 Å². The SMILES string of the molecule is Cc1cc(C(=O)Cl)ccc1O. The lowest BCUT2D eigenvalue weighted by molar-refractivity contribution is 0.108. The lowest BCUT2D eigenvalue weighted by Crippen LogP contribution is -1.88. The van der Waals surface area contributed by atoms with Gasteiger partial charge in [-0.05, 0) is 42.3 Å². The van der Waals surface area contributed by atoms with Crippen LogP contribution in [-0.4, -0.2) is 10.3 Å². The minimum atomic E-state index is -0.506. The van der Waals surface area contributed by atoms with E-state index < -0.39 is 5.24 Å². The Labute approximate surface area is 69.4 Å². The third-order valence-corrected chi connectivity index (χ3v) is 1.64. The minimum absolute atomic E-state index is 0.173. The van der Waals surface area contributed by atoms with Gasteiger partial charge in [0.2, 0.25) is 0 Å². The van der Waals surface area contributed by atoms with E-state index in [0.717, 1.165) is 0 Å². The summed E-state index contributed by atoms with van der Waals surface area (Å²) in [7, 11) is 0. The van der Waals surface area contributed by atoms with Crippen molar-refractivity contribution in [2.75, 3.05) is 0 Å².